The Morgan fingerprint density at radius 2 is 2.00 bits per heavy atom. The molecule has 0 saturated heterocycles. The second-order valence-corrected chi connectivity index (χ2v) is 2.73. The fourth-order valence-corrected chi connectivity index (χ4v) is 1.20. The van der Waals surface area contributed by atoms with Crippen molar-refractivity contribution in [1.29, 1.82) is 0 Å². The van der Waals surface area contributed by atoms with Crippen LogP contribution in [0.25, 0.3) is 0 Å². The van der Waals surface area contributed by atoms with Crippen LogP contribution in [-0.2, 0) is 6.54 Å². The van der Waals surface area contributed by atoms with Gasteiger partial charge in [-0.05, 0) is 11.1 Å². The van der Waals surface area contributed by atoms with Crippen LogP contribution in [0.4, 0.5) is 0 Å². The first-order valence-electron chi connectivity index (χ1n) is 4.03. The summed E-state index contributed by atoms with van der Waals surface area (Å²) in [5.41, 5.74) is 3.41. The summed E-state index contributed by atoms with van der Waals surface area (Å²) in [4.78, 5) is 0. The maximum absolute atomic E-state index is 9.38. The number of rotatable bonds is 4. The quantitative estimate of drug-likeness (QED) is 0.503. The van der Waals surface area contributed by atoms with Crippen molar-refractivity contribution < 1.29 is 15.4 Å². The largest absolute Gasteiger partial charge is 0.393 e. The molecule has 0 aromatic heterocycles. The first-order chi connectivity index (χ1) is 6.29. The Labute approximate surface area is 76.4 Å². The summed E-state index contributed by atoms with van der Waals surface area (Å²) in [5, 5.41) is 26.6. The zero-order chi connectivity index (χ0) is 9.68. The van der Waals surface area contributed by atoms with E-state index in [-0.39, 0.29) is 13.2 Å². The summed E-state index contributed by atoms with van der Waals surface area (Å²) in [6, 6.07) is 7.07. The number of benzene rings is 1. The Hall–Kier alpha value is -0.940. The normalized spacial score (nSPS) is 12.8. The van der Waals surface area contributed by atoms with Crippen LogP contribution in [0, 0.1) is 0 Å². The lowest BCUT2D eigenvalue weighted by Gasteiger charge is -2.12. The number of hydrogen-bond donors (Lipinski definition) is 4. The lowest BCUT2D eigenvalue weighted by Crippen LogP contribution is -2.12. The SMILES string of the molecule is OCC(O)c1ccccc1CNO. The number of hydroxylamine groups is 1. The molecule has 1 atom stereocenters. The van der Waals surface area contributed by atoms with E-state index in [1.807, 2.05) is 5.48 Å². The molecule has 1 aromatic rings. The second kappa shape index (κ2) is 4.94. The lowest BCUT2D eigenvalue weighted by molar-refractivity contribution is 0.0935. The second-order valence-electron chi connectivity index (χ2n) is 2.73. The minimum atomic E-state index is -0.885. The van der Waals surface area contributed by atoms with Gasteiger partial charge in [-0.15, -0.1) is 0 Å². The highest BCUT2D eigenvalue weighted by atomic mass is 16.5. The molecule has 1 rings (SSSR count). The molecule has 0 aliphatic rings. The molecule has 1 unspecified atom stereocenters. The van der Waals surface area contributed by atoms with E-state index in [4.69, 9.17) is 10.3 Å². The molecule has 0 bridgehead atoms. The van der Waals surface area contributed by atoms with Crippen molar-refractivity contribution in [1.82, 2.24) is 5.48 Å². The van der Waals surface area contributed by atoms with Gasteiger partial charge in [-0.1, -0.05) is 24.3 Å². The molecule has 0 aliphatic heterocycles. The molecular weight excluding hydrogens is 170 g/mol. The van der Waals surface area contributed by atoms with Gasteiger partial charge in [0, 0.05) is 6.54 Å². The average Bonchev–Trinajstić information content (AvgIpc) is 2.18. The fourth-order valence-electron chi connectivity index (χ4n) is 1.20. The molecule has 0 fully saturated rings. The Morgan fingerprint density at radius 1 is 1.31 bits per heavy atom. The van der Waals surface area contributed by atoms with Crippen LogP contribution in [0.2, 0.25) is 0 Å². The summed E-state index contributed by atoms with van der Waals surface area (Å²) in [7, 11) is 0. The number of hydrogen-bond acceptors (Lipinski definition) is 4. The Morgan fingerprint density at radius 3 is 2.62 bits per heavy atom. The Kier molecular flexibility index (Phi) is 3.85. The predicted octanol–water partition coefficient (Wildman–Crippen LogP) is 0.191. The van der Waals surface area contributed by atoms with E-state index in [0.717, 1.165) is 5.56 Å². The van der Waals surface area contributed by atoms with Crippen molar-refractivity contribution in [2.24, 2.45) is 0 Å². The van der Waals surface area contributed by atoms with Gasteiger partial charge in [0.2, 0.25) is 0 Å². The zero-order valence-electron chi connectivity index (χ0n) is 7.14. The van der Waals surface area contributed by atoms with Gasteiger partial charge in [-0.2, -0.15) is 0 Å². The van der Waals surface area contributed by atoms with Gasteiger partial charge in [0.25, 0.3) is 0 Å². The average molecular weight is 183 g/mol. The molecule has 4 heteroatoms. The molecule has 4 N–H and O–H groups in total. The molecule has 0 spiro atoms. The third-order valence-corrected chi connectivity index (χ3v) is 1.86. The van der Waals surface area contributed by atoms with Crippen LogP contribution < -0.4 is 5.48 Å². The highest BCUT2D eigenvalue weighted by Gasteiger charge is 2.09. The number of aliphatic hydroxyl groups is 2. The lowest BCUT2D eigenvalue weighted by atomic mass is 10.0. The fraction of sp³-hybridized carbons (Fsp3) is 0.333. The van der Waals surface area contributed by atoms with E-state index in [2.05, 4.69) is 0 Å². The van der Waals surface area contributed by atoms with Crippen molar-refractivity contribution in [3.8, 4) is 0 Å². The zero-order valence-corrected chi connectivity index (χ0v) is 7.14. The van der Waals surface area contributed by atoms with E-state index in [9.17, 15) is 5.11 Å². The first-order valence-corrected chi connectivity index (χ1v) is 4.03. The van der Waals surface area contributed by atoms with Crippen molar-refractivity contribution in [2.45, 2.75) is 12.6 Å². The maximum atomic E-state index is 9.38. The Balaban J connectivity index is 2.90. The topological polar surface area (TPSA) is 72.7 Å². The summed E-state index contributed by atoms with van der Waals surface area (Å²) in [5.74, 6) is 0. The van der Waals surface area contributed by atoms with Crippen LogP contribution in [0.3, 0.4) is 0 Å². The van der Waals surface area contributed by atoms with Crippen molar-refractivity contribution in [3.63, 3.8) is 0 Å². The predicted molar refractivity (Wildman–Crippen MR) is 47.1 cm³/mol. The number of nitrogens with one attached hydrogen (secondary N) is 1. The van der Waals surface area contributed by atoms with Crippen molar-refractivity contribution in [3.05, 3.63) is 35.4 Å². The van der Waals surface area contributed by atoms with E-state index < -0.39 is 6.10 Å². The van der Waals surface area contributed by atoms with E-state index in [1.54, 1.807) is 24.3 Å². The van der Waals surface area contributed by atoms with Gasteiger partial charge in [-0.25, -0.2) is 5.48 Å². The molecule has 0 amide bonds. The monoisotopic (exact) mass is 183 g/mol. The van der Waals surface area contributed by atoms with Crippen LogP contribution in [-0.4, -0.2) is 22.0 Å². The van der Waals surface area contributed by atoms with E-state index in [0.29, 0.717) is 5.56 Å². The van der Waals surface area contributed by atoms with Gasteiger partial charge in [-0.3, -0.25) is 0 Å². The van der Waals surface area contributed by atoms with Gasteiger partial charge in [0.15, 0.2) is 0 Å². The van der Waals surface area contributed by atoms with Crippen LogP contribution in [0.15, 0.2) is 24.3 Å². The Bertz CT molecular complexity index is 265. The third kappa shape index (κ3) is 2.50. The van der Waals surface area contributed by atoms with Gasteiger partial charge < -0.3 is 15.4 Å². The minimum absolute atomic E-state index is 0.257. The first kappa shape index (κ1) is 10.1. The van der Waals surface area contributed by atoms with Crippen molar-refractivity contribution in [2.75, 3.05) is 6.61 Å². The maximum Gasteiger partial charge on any atom is 0.102 e. The summed E-state index contributed by atoms with van der Waals surface area (Å²) in [6.45, 7) is -0.0598. The molecule has 0 heterocycles. The molecule has 0 radical (unpaired) electrons. The number of aliphatic hydroxyl groups excluding tert-OH is 2. The van der Waals surface area contributed by atoms with E-state index in [1.165, 1.54) is 0 Å². The standard InChI is InChI=1S/C9H13NO3/c11-6-9(12)8-4-2-1-3-7(8)5-10-13/h1-4,9-13H,5-6H2. The molecule has 13 heavy (non-hydrogen) atoms. The molecule has 72 valence electrons. The highest BCUT2D eigenvalue weighted by molar-refractivity contribution is 5.28. The minimum Gasteiger partial charge on any atom is -0.393 e. The summed E-state index contributed by atoms with van der Waals surface area (Å²) in [6.07, 6.45) is -0.885. The van der Waals surface area contributed by atoms with Crippen molar-refractivity contribution >= 4 is 0 Å². The van der Waals surface area contributed by atoms with Gasteiger partial charge >= 0.3 is 0 Å². The van der Waals surface area contributed by atoms with Crippen LogP contribution in [0.5, 0.6) is 0 Å². The van der Waals surface area contributed by atoms with Gasteiger partial charge in [0.1, 0.15) is 6.10 Å². The molecule has 0 aliphatic carbocycles. The van der Waals surface area contributed by atoms with E-state index >= 15 is 0 Å². The van der Waals surface area contributed by atoms with Gasteiger partial charge in [0.05, 0.1) is 6.61 Å². The molecule has 4 nitrogen and oxygen atoms in total. The van der Waals surface area contributed by atoms with Crippen LogP contribution in [0.1, 0.15) is 17.2 Å². The molecular formula is C9H13NO3. The smallest absolute Gasteiger partial charge is 0.102 e. The summed E-state index contributed by atoms with van der Waals surface area (Å²) >= 11 is 0. The van der Waals surface area contributed by atoms with Crippen LogP contribution >= 0.6 is 0 Å². The molecule has 1 aromatic carbocycles. The highest BCUT2D eigenvalue weighted by Crippen LogP contribution is 2.16. The summed E-state index contributed by atoms with van der Waals surface area (Å²) < 4.78 is 0. The third-order valence-electron chi connectivity index (χ3n) is 1.86. The molecule has 0 saturated carbocycles.